The van der Waals surface area contributed by atoms with Crippen LogP contribution in [0.1, 0.15) is 17.5 Å². The van der Waals surface area contributed by atoms with Crippen LogP contribution in [-0.4, -0.2) is 19.6 Å². The van der Waals surface area contributed by atoms with E-state index >= 15 is 0 Å². The normalized spacial score (nSPS) is 12.3. The van der Waals surface area contributed by atoms with Crippen LogP contribution in [0.15, 0.2) is 30.5 Å². The maximum absolute atomic E-state index is 10.7. The Balaban J connectivity index is 2.37. The van der Waals surface area contributed by atoms with E-state index in [-0.39, 0.29) is 11.6 Å². The quantitative estimate of drug-likeness (QED) is 0.478. The molecule has 0 spiro atoms. The number of rotatable bonds is 3. The van der Waals surface area contributed by atoms with E-state index < -0.39 is 11.0 Å². The Labute approximate surface area is 103 Å². The number of nitrogens with zero attached hydrogens (tertiary/aromatic N) is 3. The zero-order chi connectivity index (χ0) is 13.3. The van der Waals surface area contributed by atoms with E-state index in [0.717, 1.165) is 6.20 Å². The van der Waals surface area contributed by atoms with Crippen molar-refractivity contribution in [1.82, 2.24) is 9.55 Å². The van der Waals surface area contributed by atoms with Gasteiger partial charge in [-0.25, -0.2) is 9.55 Å². The highest BCUT2D eigenvalue weighted by molar-refractivity contribution is 5.41. The molecule has 0 saturated carbocycles. The van der Waals surface area contributed by atoms with Gasteiger partial charge in [-0.1, -0.05) is 12.1 Å². The van der Waals surface area contributed by atoms with Gasteiger partial charge in [0.15, 0.2) is 6.10 Å². The molecule has 2 rings (SSSR count). The number of hydrogen-bond donors (Lipinski definition) is 2. The summed E-state index contributed by atoms with van der Waals surface area (Å²) >= 11 is 0. The second-order valence-electron chi connectivity index (χ2n) is 3.86. The average molecular weight is 248 g/mol. The summed E-state index contributed by atoms with van der Waals surface area (Å²) in [6.45, 7) is 0. The Hall–Kier alpha value is -2.41. The van der Waals surface area contributed by atoms with E-state index in [1.54, 1.807) is 24.3 Å². The van der Waals surface area contributed by atoms with Crippen LogP contribution in [-0.2, 0) is 7.05 Å². The van der Waals surface area contributed by atoms with E-state index in [0.29, 0.717) is 11.3 Å². The van der Waals surface area contributed by atoms with Crippen molar-refractivity contribution in [2.75, 3.05) is 5.73 Å². The van der Waals surface area contributed by atoms with Crippen molar-refractivity contribution in [3.8, 4) is 0 Å². The van der Waals surface area contributed by atoms with Crippen LogP contribution in [0, 0.1) is 10.1 Å². The van der Waals surface area contributed by atoms with Gasteiger partial charge in [-0.3, -0.25) is 0 Å². The van der Waals surface area contributed by atoms with E-state index in [9.17, 15) is 15.2 Å². The molecule has 3 N–H and O–H groups in total. The monoisotopic (exact) mass is 248 g/mol. The Bertz CT molecular complexity index is 576. The number of aromatic nitrogens is 2. The standard InChI is InChI=1S/C11H12N4O3/c1-14-9(15(17)18)6-13-11(14)10(16)7-2-4-8(12)5-3-7/h2-6,10,16H,12H2,1H3. The Morgan fingerprint density at radius 1 is 1.44 bits per heavy atom. The lowest BCUT2D eigenvalue weighted by Gasteiger charge is -2.08. The van der Waals surface area contributed by atoms with Crippen LogP contribution >= 0.6 is 0 Å². The first kappa shape index (κ1) is 12.1. The van der Waals surface area contributed by atoms with Crippen LogP contribution < -0.4 is 5.73 Å². The first-order chi connectivity index (χ1) is 8.50. The molecule has 1 atom stereocenters. The summed E-state index contributed by atoms with van der Waals surface area (Å²) in [5.74, 6) is 0.0472. The molecule has 0 amide bonds. The van der Waals surface area contributed by atoms with Crippen molar-refractivity contribution in [3.63, 3.8) is 0 Å². The van der Waals surface area contributed by atoms with Gasteiger partial charge in [-0.2, -0.15) is 0 Å². The fourth-order valence-electron chi connectivity index (χ4n) is 1.67. The zero-order valence-corrected chi connectivity index (χ0v) is 9.65. The van der Waals surface area contributed by atoms with Gasteiger partial charge >= 0.3 is 5.82 Å². The molecule has 0 saturated heterocycles. The Morgan fingerprint density at radius 3 is 2.56 bits per heavy atom. The van der Waals surface area contributed by atoms with E-state index in [1.165, 1.54) is 11.6 Å². The molecular weight excluding hydrogens is 236 g/mol. The van der Waals surface area contributed by atoms with Crippen LogP contribution in [0.25, 0.3) is 0 Å². The summed E-state index contributed by atoms with van der Waals surface area (Å²) in [4.78, 5) is 14.0. The smallest absolute Gasteiger partial charge is 0.342 e. The summed E-state index contributed by atoms with van der Waals surface area (Å²) in [7, 11) is 1.49. The fourth-order valence-corrected chi connectivity index (χ4v) is 1.67. The zero-order valence-electron chi connectivity index (χ0n) is 9.65. The lowest BCUT2D eigenvalue weighted by Crippen LogP contribution is -2.08. The molecule has 7 heteroatoms. The van der Waals surface area contributed by atoms with E-state index in [2.05, 4.69) is 4.98 Å². The molecule has 94 valence electrons. The number of nitrogen functional groups attached to an aromatic ring is 1. The number of hydrogen-bond acceptors (Lipinski definition) is 5. The lowest BCUT2D eigenvalue weighted by molar-refractivity contribution is -0.391. The van der Waals surface area contributed by atoms with Gasteiger partial charge in [-0.15, -0.1) is 0 Å². The highest BCUT2D eigenvalue weighted by Crippen LogP contribution is 2.24. The molecule has 1 aromatic heterocycles. The molecule has 0 fully saturated rings. The number of benzene rings is 1. The lowest BCUT2D eigenvalue weighted by atomic mass is 10.1. The van der Waals surface area contributed by atoms with Crippen LogP contribution in [0.2, 0.25) is 0 Å². The number of aliphatic hydroxyl groups is 1. The molecule has 0 radical (unpaired) electrons. The summed E-state index contributed by atoms with van der Waals surface area (Å²) < 4.78 is 1.25. The first-order valence-electron chi connectivity index (χ1n) is 5.20. The number of aliphatic hydroxyl groups excluding tert-OH is 1. The molecule has 1 unspecified atom stereocenters. The Morgan fingerprint density at radius 2 is 2.06 bits per heavy atom. The molecule has 0 aliphatic carbocycles. The van der Waals surface area contributed by atoms with Gasteiger partial charge in [-0.05, 0) is 22.6 Å². The van der Waals surface area contributed by atoms with Crippen molar-refractivity contribution in [2.24, 2.45) is 7.05 Å². The molecular formula is C11H12N4O3. The number of imidazole rings is 1. The largest absolute Gasteiger partial charge is 0.399 e. The minimum absolute atomic E-state index is 0.167. The van der Waals surface area contributed by atoms with Crippen molar-refractivity contribution in [2.45, 2.75) is 6.10 Å². The Kier molecular flexibility index (Phi) is 2.99. The first-order valence-corrected chi connectivity index (χ1v) is 5.20. The van der Waals surface area contributed by atoms with E-state index in [1.807, 2.05) is 0 Å². The molecule has 0 aliphatic heterocycles. The van der Waals surface area contributed by atoms with Gasteiger partial charge in [0, 0.05) is 5.69 Å². The summed E-state index contributed by atoms with van der Waals surface area (Å²) in [6, 6.07) is 6.60. The third-order valence-electron chi connectivity index (χ3n) is 2.68. The van der Waals surface area contributed by atoms with Crippen LogP contribution in [0.4, 0.5) is 11.5 Å². The molecule has 0 bridgehead atoms. The number of anilines is 1. The minimum Gasteiger partial charge on any atom is -0.399 e. The summed E-state index contributed by atoms with van der Waals surface area (Å²) in [5, 5.41) is 20.8. The van der Waals surface area contributed by atoms with Gasteiger partial charge in [0.25, 0.3) is 0 Å². The fraction of sp³-hybridized carbons (Fsp3) is 0.182. The van der Waals surface area contributed by atoms with Gasteiger partial charge in [0.2, 0.25) is 5.82 Å². The second-order valence-corrected chi connectivity index (χ2v) is 3.86. The van der Waals surface area contributed by atoms with Crippen molar-refractivity contribution in [3.05, 3.63) is 52.0 Å². The van der Waals surface area contributed by atoms with Crippen molar-refractivity contribution >= 4 is 11.5 Å². The number of nitro groups is 1. The van der Waals surface area contributed by atoms with E-state index in [4.69, 9.17) is 5.73 Å². The second kappa shape index (κ2) is 4.46. The predicted molar refractivity (Wildman–Crippen MR) is 64.8 cm³/mol. The molecule has 0 aliphatic rings. The molecule has 1 aromatic carbocycles. The maximum atomic E-state index is 10.7. The highest BCUT2D eigenvalue weighted by Gasteiger charge is 2.24. The SMILES string of the molecule is Cn1c([N+](=O)[O-])cnc1C(O)c1ccc(N)cc1. The molecule has 2 aromatic rings. The van der Waals surface area contributed by atoms with Gasteiger partial charge < -0.3 is 21.0 Å². The summed E-state index contributed by atoms with van der Waals surface area (Å²) in [5.41, 5.74) is 6.70. The summed E-state index contributed by atoms with van der Waals surface area (Å²) in [6.07, 6.45) is 0.0971. The maximum Gasteiger partial charge on any atom is 0.342 e. The average Bonchev–Trinajstić information content (AvgIpc) is 2.71. The molecule has 7 nitrogen and oxygen atoms in total. The van der Waals surface area contributed by atoms with Crippen LogP contribution in [0.5, 0.6) is 0 Å². The highest BCUT2D eigenvalue weighted by atomic mass is 16.6. The van der Waals surface area contributed by atoms with Crippen molar-refractivity contribution < 1.29 is 10.0 Å². The molecule has 18 heavy (non-hydrogen) atoms. The van der Waals surface area contributed by atoms with Gasteiger partial charge in [0.05, 0.1) is 7.05 Å². The van der Waals surface area contributed by atoms with Crippen molar-refractivity contribution in [1.29, 1.82) is 0 Å². The third-order valence-corrected chi connectivity index (χ3v) is 2.68. The number of nitrogens with two attached hydrogens (primary N) is 1. The topological polar surface area (TPSA) is 107 Å². The molecule has 1 heterocycles. The van der Waals surface area contributed by atoms with Gasteiger partial charge in [0.1, 0.15) is 6.20 Å². The third kappa shape index (κ3) is 2.03. The van der Waals surface area contributed by atoms with Crippen LogP contribution in [0.3, 0.4) is 0 Å². The predicted octanol–water partition coefficient (Wildman–Crippen LogP) is 0.992. The minimum atomic E-state index is -1.02.